The first-order valence-electron chi connectivity index (χ1n) is 4.15. The van der Waals surface area contributed by atoms with Gasteiger partial charge in [-0.3, -0.25) is 9.78 Å². The van der Waals surface area contributed by atoms with Crippen LogP contribution < -0.4 is 5.73 Å². The number of nitrogens with zero attached hydrogens (tertiary/aromatic N) is 1. The van der Waals surface area contributed by atoms with Gasteiger partial charge < -0.3 is 10.8 Å². The van der Waals surface area contributed by atoms with Crippen LogP contribution in [0.4, 0.5) is 0 Å². The molecule has 14 heavy (non-hydrogen) atoms. The smallest absolute Gasteiger partial charge is 0.321 e. The Morgan fingerprint density at radius 3 is 2.79 bits per heavy atom. The molecule has 0 saturated heterocycles. The van der Waals surface area contributed by atoms with E-state index in [1.807, 2.05) is 12.1 Å². The van der Waals surface area contributed by atoms with Crippen LogP contribution in [0, 0.1) is 0 Å². The van der Waals surface area contributed by atoms with Gasteiger partial charge in [-0.25, -0.2) is 0 Å². The summed E-state index contributed by atoms with van der Waals surface area (Å²) in [4.78, 5) is 14.3. The first kappa shape index (κ1) is 11.0. The van der Waals surface area contributed by atoms with Crippen molar-refractivity contribution in [2.45, 2.75) is 11.8 Å². The largest absolute Gasteiger partial charge is 0.480 e. The van der Waals surface area contributed by atoms with Gasteiger partial charge in [-0.05, 0) is 17.7 Å². The summed E-state index contributed by atoms with van der Waals surface area (Å²) in [5.41, 5.74) is 6.48. The second kappa shape index (κ2) is 5.62. The summed E-state index contributed by atoms with van der Waals surface area (Å²) in [6.07, 6.45) is 3.43. The zero-order valence-corrected chi connectivity index (χ0v) is 8.41. The maximum atomic E-state index is 10.4. The predicted octanol–water partition coefficient (Wildman–Crippen LogP) is 0.727. The number of carbonyl (C=O) groups is 1. The molecule has 1 rings (SSSR count). The molecule has 3 N–H and O–H groups in total. The van der Waals surface area contributed by atoms with E-state index in [4.69, 9.17) is 10.8 Å². The minimum absolute atomic E-state index is 0.428. The lowest BCUT2D eigenvalue weighted by Crippen LogP contribution is -2.32. The van der Waals surface area contributed by atoms with Crippen LogP contribution in [0.1, 0.15) is 5.56 Å². The van der Waals surface area contributed by atoms with Crippen molar-refractivity contribution in [1.82, 2.24) is 4.98 Å². The molecule has 1 aromatic heterocycles. The lowest BCUT2D eigenvalue weighted by atomic mass is 10.3. The summed E-state index contributed by atoms with van der Waals surface area (Å²) in [5, 5.41) is 8.53. The molecule has 0 amide bonds. The number of carboxylic acid groups (broad SMARTS) is 1. The normalized spacial score (nSPS) is 12.4. The topological polar surface area (TPSA) is 76.2 Å². The van der Waals surface area contributed by atoms with Crippen molar-refractivity contribution in [2.24, 2.45) is 5.73 Å². The fourth-order valence-electron chi connectivity index (χ4n) is 0.854. The van der Waals surface area contributed by atoms with Gasteiger partial charge in [-0.2, -0.15) is 11.8 Å². The van der Waals surface area contributed by atoms with Crippen molar-refractivity contribution in [3.8, 4) is 0 Å². The summed E-state index contributed by atoms with van der Waals surface area (Å²) in [6.45, 7) is 0. The second-order valence-electron chi connectivity index (χ2n) is 2.82. The van der Waals surface area contributed by atoms with Crippen LogP contribution in [0.25, 0.3) is 0 Å². The Morgan fingerprint density at radius 1 is 1.57 bits per heavy atom. The highest BCUT2D eigenvalue weighted by Crippen LogP contribution is 2.11. The predicted molar refractivity (Wildman–Crippen MR) is 56.0 cm³/mol. The molecule has 0 unspecified atom stereocenters. The highest BCUT2D eigenvalue weighted by Gasteiger charge is 2.10. The molecule has 1 atom stereocenters. The quantitative estimate of drug-likeness (QED) is 0.752. The number of thioether (sulfide) groups is 1. The van der Waals surface area contributed by atoms with E-state index in [1.54, 1.807) is 12.4 Å². The van der Waals surface area contributed by atoms with Crippen molar-refractivity contribution < 1.29 is 9.90 Å². The van der Waals surface area contributed by atoms with Gasteiger partial charge in [0.25, 0.3) is 0 Å². The van der Waals surface area contributed by atoms with E-state index < -0.39 is 12.0 Å². The van der Waals surface area contributed by atoms with Crippen LogP contribution in [0.3, 0.4) is 0 Å². The molecular formula is C9H12N2O2S. The highest BCUT2D eigenvalue weighted by molar-refractivity contribution is 7.98. The van der Waals surface area contributed by atoms with E-state index in [9.17, 15) is 4.79 Å². The minimum Gasteiger partial charge on any atom is -0.480 e. The molecule has 5 heteroatoms. The maximum absolute atomic E-state index is 10.4. The van der Waals surface area contributed by atoms with Gasteiger partial charge in [-0.15, -0.1) is 0 Å². The van der Waals surface area contributed by atoms with Gasteiger partial charge in [0.2, 0.25) is 0 Å². The van der Waals surface area contributed by atoms with E-state index in [0.717, 1.165) is 11.3 Å². The number of nitrogens with two attached hydrogens (primary N) is 1. The van der Waals surface area contributed by atoms with Crippen LogP contribution >= 0.6 is 11.8 Å². The number of rotatable bonds is 5. The SMILES string of the molecule is N[C@H](CSCc1ccncc1)C(=O)O. The van der Waals surface area contributed by atoms with Gasteiger partial charge in [0.1, 0.15) is 6.04 Å². The summed E-state index contributed by atoms with van der Waals surface area (Å²) in [7, 11) is 0. The minimum atomic E-state index is -0.952. The van der Waals surface area contributed by atoms with Crippen molar-refractivity contribution in [3.63, 3.8) is 0 Å². The molecule has 0 fully saturated rings. The molecule has 0 radical (unpaired) electrons. The van der Waals surface area contributed by atoms with E-state index in [-0.39, 0.29) is 0 Å². The monoisotopic (exact) mass is 212 g/mol. The Balaban J connectivity index is 2.26. The molecule has 0 bridgehead atoms. The Morgan fingerprint density at radius 2 is 2.21 bits per heavy atom. The van der Waals surface area contributed by atoms with Crippen molar-refractivity contribution in [2.75, 3.05) is 5.75 Å². The molecule has 0 saturated carbocycles. The fraction of sp³-hybridized carbons (Fsp3) is 0.333. The summed E-state index contributed by atoms with van der Waals surface area (Å²) in [5.74, 6) is 0.244. The maximum Gasteiger partial charge on any atom is 0.321 e. The highest BCUT2D eigenvalue weighted by atomic mass is 32.2. The van der Waals surface area contributed by atoms with Crippen LogP contribution in [0.2, 0.25) is 0 Å². The second-order valence-corrected chi connectivity index (χ2v) is 3.85. The van der Waals surface area contributed by atoms with Gasteiger partial charge in [0, 0.05) is 23.9 Å². The van der Waals surface area contributed by atoms with Crippen molar-refractivity contribution in [1.29, 1.82) is 0 Å². The van der Waals surface area contributed by atoms with Crippen LogP contribution in [0.15, 0.2) is 24.5 Å². The van der Waals surface area contributed by atoms with Crippen LogP contribution in [-0.2, 0) is 10.5 Å². The molecule has 0 spiro atoms. The lowest BCUT2D eigenvalue weighted by Gasteiger charge is -2.05. The van der Waals surface area contributed by atoms with E-state index in [2.05, 4.69) is 4.98 Å². The van der Waals surface area contributed by atoms with Gasteiger partial charge in [-0.1, -0.05) is 0 Å². The molecule has 0 aliphatic carbocycles. The standard InChI is InChI=1S/C9H12N2O2S/c10-8(9(12)13)6-14-5-7-1-3-11-4-2-7/h1-4,8H,5-6,10H2,(H,12,13)/t8-/m1/s1. The number of aliphatic carboxylic acids is 1. The van der Waals surface area contributed by atoms with Gasteiger partial charge >= 0.3 is 5.97 Å². The number of hydrogen-bond donors (Lipinski definition) is 2. The molecule has 1 heterocycles. The zero-order chi connectivity index (χ0) is 10.4. The van der Waals surface area contributed by atoms with Crippen LogP contribution in [-0.4, -0.2) is 27.9 Å². The molecule has 0 aliphatic rings. The first-order chi connectivity index (χ1) is 6.70. The molecule has 1 aromatic rings. The Bertz CT molecular complexity index is 292. The first-order valence-corrected chi connectivity index (χ1v) is 5.30. The molecule has 4 nitrogen and oxygen atoms in total. The summed E-state index contributed by atoms with van der Waals surface area (Å²) >= 11 is 1.51. The van der Waals surface area contributed by atoms with E-state index >= 15 is 0 Å². The number of carboxylic acids is 1. The molecular weight excluding hydrogens is 200 g/mol. The average molecular weight is 212 g/mol. The number of pyridine rings is 1. The Kier molecular flexibility index (Phi) is 4.42. The number of hydrogen-bond acceptors (Lipinski definition) is 4. The third-order valence-corrected chi connectivity index (χ3v) is 2.76. The van der Waals surface area contributed by atoms with Crippen molar-refractivity contribution in [3.05, 3.63) is 30.1 Å². The third-order valence-electron chi connectivity index (χ3n) is 1.63. The zero-order valence-electron chi connectivity index (χ0n) is 7.59. The number of aromatic nitrogens is 1. The van der Waals surface area contributed by atoms with Gasteiger partial charge in [0.05, 0.1) is 0 Å². The van der Waals surface area contributed by atoms with Crippen molar-refractivity contribution >= 4 is 17.7 Å². The fourth-order valence-corrected chi connectivity index (χ4v) is 1.80. The Hall–Kier alpha value is -1.07. The molecule has 76 valence electrons. The van der Waals surface area contributed by atoms with E-state index in [0.29, 0.717) is 5.75 Å². The molecule has 0 aromatic carbocycles. The average Bonchev–Trinajstić information content (AvgIpc) is 2.19. The summed E-state index contributed by atoms with van der Waals surface area (Å²) < 4.78 is 0. The Labute approximate surface area is 86.5 Å². The van der Waals surface area contributed by atoms with Gasteiger partial charge in [0.15, 0.2) is 0 Å². The van der Waals surface area contributed by atoms with E-state index in [1.165, 1.54) is 11.8 Å². The summed E-state index contributed by atoms with van der Waals surface area (Å²) in [6, 6.07) is 3.03. The van der Waals surface area contributed by atoms with Crippen LogP contribution in [0.5, 0.6) is 0 Å². The third kappa shape index (κ3) is 3.76. The lowest BCUT2D eigenvalue weighted by molar-refractivity contribution is -0.137. The molecule has 0 aliphatic heterocycles.